The highest BCUT2D eigenvalue weighted by Crippen LogP contribution is 2.24. The number of nitrogens with one attached hydrogen (secondary N) is 2. The van der Waals surface area contributed by atoms with Gasteiger partial charge in [-0.3, -0.25) is 4.79 Å². The predicted octanol–water partition coefficient (Wildman–Crippen LogP) is 3.45. The number of alkyl halides is 2. The van der Waals surface area contributed by atoms with E-state index in [2.05, 4.69) is 30.3 Å². The van der Waals surface area contributed by atoms with Crippen molar-refractivity contribution in [1.29, 1.82) is 0 Å². The van der Waals surface area contributed by atoms with Crippen molar-refractivity contribution in [2.45, 2.75) is 44.9 Å². The lowest BCUT2D eigenvalue weighted by Crippen LogP contribution is -2.24. The molecule has 11 heteroatoms. The molecule has 0 aliphatic heterocycles. The van der Waals surface area contributed by atoms with Crippen LogP contribution in [0.25, 0.3) is 0 Å². The third-order valence-corrected chi connectivity index (χ3v) is 5.16. The van der Waals surface area contributed by atoms with Crippen LogP contribution in [0.5, 0.6) is 0 Å². The molecule has 1 saturated carbocycles. The number of amides is 1. The summed E-state index contributed by atoms with van der Waals surface area (Å²) >= 11 is 0. The first-order valence-corrected chi connectivity index (χ1v) is 10.7. The molecule has 33 heavy (non-hydrogen) atoms. The fourth-order valence-corrected chi connectivity index (χ4v) is 3.33. The first-order valence-electron chi connectivity index (χ1n) is 10.7. The van der Waals surface area contributed by atoms with E-state index in [4.69, 9.17) is 0 Å². The van der Waals surface area contributed by atoms with Crippen molar-refractivity contribution in [3.63, 3.8) is 0 Å². The fraction of sp³-hybridized carbons (Fsp3) is 0.455. The Morgan fingerprint density at radius 2 is 1.97 bits per heavy atom. The van der Waals surface area contributed by atoms with Gasteiger partial charge < -0.3 is 20.5 Å². The van der Waals surface area contributed by atoms with Gasteiger partial charge in [0.1, 0.15) is 11.4 Å². The molecule has 0 unspecified atom stereocenters. The third-order valence-electron chi connectivity index (χ3n) is 5.16. The predicted molar refractivity (Wildman–Crippen MR) is 116 cm³/mol. The van der Waals surface area contributed by atoms with Crippen LogP contribution in [0.3, 0.4) is 0 Å². The Bertz CT molecular complexity index is 935. The van der Waals surface area contributed by atoms with Crippen molar-refractivity contribution in [3.05, 3.63) is 47.4 Å². The van der Waals surface area contributed by atoms with E-state index in [0.29, 0.717) is 18.4 Å². The van der Waals surface area contributed by atoms with Crippen molar-refractivity contribution in [1.82, 2.24) is 15.3 Å². The molecule has 0 bridgehead atoms. The van der Waals surface area contributed by atoms with Gasteiger partial charge in [-0.15, -0.1) is 0 Å². The van der Waals surface area contributed by atoms with Crippen LogP contribution in [0.2, 0.25) is 0 Å². The molecule has 1 amide bonds. The van der Waals surface area contributed by atoms with Crippen LogP contribution in [0.4, 0.5) is 24.9 Å². The third kappa shape index (κ3) is 8.10. The fourth-order valence-electron chi connectivity index (χ4n) is 3.33. The van der Waals surface area contributed by atoms with Crippen LogP contribution in [-0.4, -0.2) is 53.1 Å². The second-order valence-corrected chi connectivity index (χ2v) is 7.65. The highest BCUT2D eigenvalue weighted by Gasteiger charge is 2.19. The van der Waals surface area contributed by atoms with E-state index in [9.17, 15) is 23.1 Å². The van der Waals surface area contributed by atoms with Gasteiger partial charge in [-0.2, -0.15) is 13.8 Å². The van der Waals surface area contributed by atoms with Crippen LogP contribution in [-0.2, 0) is 11.3 Å². The van der Waals surface area contributed by atoms with E-state index in [1.165, 1.54) is 18.3 Å². The van der Waals surface area contributed by atoms with Crippen molar-refractivity contribution >= 4 is 23.9 Å². The second-order valence-electron chi connectivity index (χ2n) is 7.65. The zero-order chi connectivity index (χ0) is 23.6. The van der Waals surface area contributed by atoms with Crippen LogP contribution < -0.4 is 10.6 Å². The minimum absolute atomic E-state index is 0.0458. The van der Waals surface area contributed by atoms with Crippen molar-refractivity contribution < 1.29 is 27.8 Å². The van der Waals surface area contributed by atoms with Gasteiger partial charge >= 0.3 is 6.61 Å². The molecule has 1 aromatic carbocycles. The van der Waals surface area contributed by atoms with Gasteiger partial charge in [0.25, 0.3) is 5.91 Å². The molecule has 1 fully saturated rings. The molecule has 0 radical (unpaired) electrons. The highest BCUT2D eigenvalue weighted by atomic mass is 19.3. The molecule has 1 aliphatic carbocycles. The minimum Gasteiger partial charge on any atom is -0.393 e. The topological polar surface area (TPSA) is 109 Å². The van der Waals surface area contributed by atoms with Crippen LogP contribution >= 0.6 is 0 Å². The SMILES string of the molecule is O=C(NCc1ccc(F)cc1)c1cnc(NCCOC(F)F)nc1/N=C/C1CCC(O)CC1. The summed E-state index contributed by atoms with van der Waals surface area (Å²) in [6.07, 6.45) is 5.64. The maximum absolute atomic E-state index is 13.1. The zero-order valence-corrected chi connectivity index (χ0v) is 17.9. The largest absolute Gasteiger partial charge is 0.393 e. The monoisotopic (exact) mass is 465 g/mol. The molecular weight excluding hydrogens is 439 g/mol. The molecular formula is C22H26F3N5O3. The minimum atomic E-state index is -2.87. The van der Waals surface area contributed by atoms with E-state index in [-0.39, 0.29) is 54.9 Å². The standard InChI is InChI=1S/C22H26F3N5O3/c23-16-5-1-14(2-6-16)12-28-20(32)18-13-29-22(26-9-10-33-21(24)25)30-19(18)27-11-15-3-7-17(31)8-4-15/h1-2,5-6,11,13,15,17,21,31H,3-4,7-10,12H2,(H,28,32)(H,26,29,30)/b27-11+. The Morgan fingerprint density at radius 3 is 2.67 bits per heavy atom. The van der Waals surface area contributed by atoms with Gasteiger partial charge in [0.2, 0.25) is 5.95 Å². The average molecular weight is 465 g/mol. The normalized spacial score (nSPS) is 18.6. The number of carbonyl (C=O) groups is 1. The van der Waals surface area contributed by atoms with E-state index in [0.717, 1.165) is 12.8 Å². The van der Waals surface area contributed by atoms with Gasteiger partial charge in [-0.1, -0.05) is 12.1 Å². The Balaban J connectivity index is 1.70. The summed E-state index contributed by atoms with van der Waals surface area (Å²) < 4.78 is 41.5. The molecule has 1 aromatic heterocycles. The quantitative estimate of drug-likeness (QED) is 0.366. The van der Waals surface area contributed by atoms with Gasteiger partial charge in [-0.25, -0.2) is 14.4 Å². The van der Waals surface area contributed by atoms with Crippen molar-refractivity contribution in [2.24, 2.45) is 10.9 Å². The van der Waals surface area contributed by atoms with Crippen LogP contribution in [0.15, 0.2) is 35.5 Å². The summed E-state index contributed by atoms with van der Waals surface area (Å²) in [5, 5.41) is 15.2. The van der Waals surface area contributed by atoms with Gasteiger partial charge in [0.05, 0.1) is 12.7 Å². The summed E-state index contributed by atoms with van der Waals surface area (Å²) in [6.45, 7) is -2.89. The van der Waals surface area contributed by atoms with Crippen LogP contribution in [0, 0.1) is 11.7 Å². The molecule has 1 aliphatic rings. The number of aliphatic hydroxyl groups is 1. The number of carbonyl (C=O) groups excluding carboxylic acids is 1. The van der Waals surface area contributed by atoms with Gasteiger partial charge in [-0.05, 0) is 49.3 Å². The lowest BCUT2D eigenvalue weighted by molar-refractivity contribution is -0.125. The summed E-state index contributed by atoms with van der Waals surface area (Å²) in [5.41, 5.74) is 0.854. The first-order chi connectivity index (χ1) is 15.9. The van der Waals surface area contributed by atoms with E-state index in [1.807, 2.05) is 0 Å². The molecule has 8 nitrogen and oxygen atoms in total. The molecule has 2 aromatic rings. The van der Waals surface area contributed by atoms with E-state index < -0.39 is 12.5 Å². The number of aliphatic imine (C=N–C) groups is 1. The lowest BCUT2D eigenvalue weighted by Gasteiger charge is -2.22. The molecule has 178 valence electrons. The van der Waals surface area contributed by atoms with Gasteiger partial charge in [0, 0.05) is 25.5 Å². The maximum atomic E-state index is 13.1. The van der Waals surface area contributed by atoms with E-state index in [1.54, 1.807) is 18.3 Å². The van der Waals surface area contributed by atoms with Crippen molar-refractivity contribution in [3.8, 4) is 0 Å². The Kier molecular flexibility index (Phi) is 9.14. The number of hydrogen-bond donors (Lipinski definition) is 3. The number of benzene rings is 1. The van der Waals surface area contributed by atoms with E-state index >= 15 is 0 Å². The van der Waals surface area contributed by atoms with Gasteiger partial charge in [0.15, 0.2) is 5.82 Å². The number of hydrogen-bond acceptors (Lipinski definition) is 7. The lowest BCUT2D eigenvalue weighted by atomic mass is 9.88. The summed E-state index contributed by atoms with van der Waals surface area (Å²) in [4.78, 5) is 25.5. The highest BCUT2D eigenvalue weighted by molar-refractivity contribution is 5.98. The summed E-state index contributed by atoms with van der Waals surface area (Å²) in [6, 6.07) is 5.74. The molecule has 0 saturated heterocycles. The second kappa shape index (κ2) is 12.3. The smallest absolute Gasteiger partial charge is 0.345 e. The summed E-state index contributed by atoms with van der Waals surface area (Å²) in [5.74, 6) is -0.431. The zero-order valence-electron chi connectivity index (χ0n) is 17.9. The first kappa shape index (κ1) is 24.6. The molecule has 0 spiro atoms. The number of aromatic nitrogens is 2. The number of anilines is 1. The molecule has 3 N–H and O–H groups in total. The summed E-state index contributed by atoms with van der Waals surface area (Å²) in [7, 11) is 0. The van der Waals surface area contributed by atoms with Crippen molar-refractivity contribution in [2.75, 3.05) is 18.5 Å². The van der Waals surface area contributed by atoms with Crippen LogP contribution in [0.1, 0.15) is 41.6 Å². The molecule has 0 atom stereocenters. The number of nitrogens with zero attached hydrogens (tertiary/aromatic N) is 3. The number of halogens is 3. The number of ether oxygens (including phenoxy) is 1. The maximum Gasteiger partial charge on any atom is 0.345 e. The Hall–Kier alpha value is -3.05. The average Bonchev–Trinajstić information content (AvgIpc) is 2.81. The molecule has 1 heterocycles. The number of aliphatic hydroxyl groups excluding tert-OH is 1. The molecule has 3 rings (SSSR count). The Morgan fingerprint density at radius 1 is 1.24 bits per heavy atom. The number of rotatable bonds is 10. The Labute approximate surface area is 189 Å².